The first-order valence-electron chi connectivity index (χ1n) is 8.23. The van der Waals surface area contributed by atoms with Gasteiger partial charge < -0.3 is 14.8 Å². The second-order valence-corrected chi connectivity index (χ2v) is 6.88. The lowest BCUT2D eigenvalue weighted by Crippen LogP contribution is -2.39. The molecule has 0 unspecified atom stereocenters. The lowest BCUT2D eigenvalue weighted by molar-refractivity contribution is 0.0939. The van der Waals surface area contributed by atoms with Crippen LogP contribution in [0.4, 0.5) is 0 Å². The Hall–Kier alpha value is -2.15. The van der Waals surface area contributed by atoms with E-state index in [4.69, 9.17) is 9.47 Å². The molecule has 0 spiro atoms. The lowest BCUT2D eigenvalue weighted by atomic mass is 9.78. The molecule has 1 saturated carbocycles. The average molecular weight is 345 g/mol. The number of amides is 1. The molecule has 1 fully saturated rings. The molecule has 1 amide bonds. The van der Waals surface area contributed by atoms with Gasteiger partial charge in [-0.15, -0.1) is 0 Å². The molecule has 0 atom stereocenters. The normalized spacial score (nSPS) is 18.3. The Bertz CT molecular complexity index is 727. The number of hydrogen-bond donors (Lipinski definition) is 1. The predicted molar refractivity (Wildman–Crippen MR) is 89.8 cm³/mol. The molecular weight excluding hydrogens is 326 g/mol. The maximum atomic E-state index is 12.2. The van der Waals surface area contributed by atoms with Gasteiger partial charge in [0.25, 0.3) is 5.91 Å². The highest BCUT2D eigenvalue weighted by molar-refractivity contribution is 6.99. The Morgan fingerprint density at radius 3 is 2.75 bits per heavy atom. The van der Waals surface area contributed by atoms with Crippen LogP contribution in [-0.2, 0) is 5.41 Å². The van der Waals surface area contributed by atoms with E-state index in [1.54, 1.807) is 0 Å². The summed E-state index contributed by atoms with van der Waals surface area (Å²) in [5.41, 5.74) is 1.55. The number of aromatic nitrogens is 2. The number of carbonyl (C=O) groups is 1. The Morgan fingerprint density at radius 1 is 1.21 bits per heavy atom. The van der Waals surface area contributed by atoms with Crippen LogP contribution in [0.2, 0.25) is 0 Å². The van der Waals surface area contributed by atoms with Crippen LogP contribution in [-0.4, -0.2) is 34.4 Å². The van der Waals surface area contributed by atoms with Crippen molar-refractivity contribution in [1.82, 2.24) is 14.1 Å². The number of nitrogens with one attached hydrogen (secondary N) is 1. The van der Waals surface area contributed by atoms with Crippen molar-refractivity contribution in [3.63, 3.8) is 0 Å². The number of hydrogen-bond acceptors (Lipinski definition) is 6. The second-order valence-electron chi connectivity index (χ2n) is 6.32. The molecule has 2 aromatic rings. The molecule has 1 aromatic heterocycles. The molecule has 0 radical (unpaired) electrons. The molecule has 2 aliphatic rings. The third kappa shape index (κ3) is 2.84. The van der Waals surface area contributed by atoms with Gasteiger partial charge in [0.05, 0.1) is 17.9 Å². The highest BCUT2D eigenvalue weighted by Gasteiger charge is 2.37. The van der Waals surface area contributed by atoms with Crippen molar-refractivity contribution in [2.24, 2.45) is 0 Å². The third-order valence-corrected chi connectivity index (χ3v) is 5.37. The molecule has 6 nitrogen and oxygen atoms in total. The SMILES string of the molecule is O=C(NCC1(c2ccc3c(c2)OCCO3)CCCC1)c1cnsn1. The van der Waals surface area contributed by atoms with E-state index in [9.17, 15) is 4.79 Å². The number of carbonyl (C=O) groups excluding carboxylic acids is 1. The number of ether oxygens (including phenoxy) is 2. The van der Waals surface area contributed by atoms with Gasteiger partial charge in [0.2, 0.25) is 0 Å². The highest BCUT2D eigenvalue weighted by Crippen LogP contribution is 2.43. The van der Waals surface area contributed by atoms with E-state index in [0.717, 1.165) is 36.1 Å². The molecule has 1 N–H and O–H groups in total. The first kappa shape index (κ1) is 15.4. The van der Waals surface area contributed by atoms with Crippen molar-refractivity contribution in [1.29, 1.82) is 0 Å². The second kappa shape index (κ2) is 6.39. The van der Waals surface area contributed by atoms with Gasteiger partial charge in [0.15, 0.2) is 17.2 Å². The summed E-state index contributed by atoms with van der Waals surface area (Å²) in [5, 5.41) is 3.04. The fourth-order valence-corrected chi connectivity index (χ4v) is 4.01. The van der Waals surface area contributed by atoms with Gasteiger partial charge in [-0.05, 0) is 30.5 Å². The molecule has 1 aliphatic carbocycles. The quantitative estimate of drug-likeness (QED) is 0.922. The smallest absolute Gasteiger partial charge is 0.272 e. The van der Waals surface area contributed by atoms with Crippen LogP contribution >= 0.6 is 11.7 Å². The summed E-state index contributed by atoms with van der Waals surface area (Å²) >= 11 is 1.05. The van der Waals surface area contributed by atoms with Crippen molar-refractivity contribution in [2.75, 3.05) is 19.8 Å². The standard InChI is InChI=1S/C17H19N3O3S/c21-16(13-10-19-24-20-13)18-11-17(5-1-2-6-17)12-3-4-14-15(9-12)23-8-7-22-14/h3-4,9-10H,1-2,5-8,11H2,(H,18,21). The minimum absolute atomic E-state index is 0.0467. The van der Waals surface area contributed by atoms with E-state index < -0.39 is 0 Å². The van der Waals surface area contributed by atoms with E-state index in [1.165, 1.54) is 24.6 Å². The third-order valence-electron chi connectivity index (χ3n) is 4.90. The largest absolute Gasteiger partial charge is 0.486 e. The Balaban J connectivity index is 1.56. The van der Waals surface area contributed by atoms with E-state index >= 15 is 0 Å². The maximum Gasteiger partial charge on any atom is 0.272 e. The molecule has 7 heteroatoms. The van der Waals surface area contributed by atoms with Gasteiger partial charge in [-0.2, -0.15) is 8.75 Å². The molecule has 0 bridgehead atoms. The summed E-state index contributed by atoms with van der Waals surface area (Å²) in [6.45, 7) is 1.77. The van der Waals surface area contributed by atoms with E-state index in [1.807, 2.05) is 6.07 Å². The van der Waals surface area contributed by atoms with Crippen molar-refractivity contribution in [3.05, 3.63) is 35.7 Å². The lowest BCUT2D eigenvalue weighted by Gasteiger charge is -2.31. The Morgan fingerprint density at radius 2 is 2.00 bits per heavy atom. The molecule has 24 heavy (non-hydrogen) atoms. The van der Waals surface area contributed by atoms with Crippen molar-refractivity contribution in [3.8, 4) is 11.5 Å². The highest BCUT2D eigenvalue weighted by atomic mass is 32.1. The number of fused-ring (bicyclic) bond motifs is 1. The van der Waals surface area contributed by atoms with Crippen LogP contribution in [0.3, 0.4) is 0 Å². The summed E-state index contributed by atoms with van der Waals surface area (Å²) in [4.78, 5) is 12.2. The Kier molecular flexibility index (Phi) is 4.10. The average Bonchev–Trinajstić information content (AvgIpc) is 3.32. The zero-order valence-corrected chi connectivity index (χ0v) is 14.1. The molecule has 1 aromatic carbocycles. The first-order chi connectivity index (χ1) is 11.8. The van der Waals surface area contributed by atoms with Gasteiger partial charge in [0, 0.05) is 12.0 Å². The minimum Gasteiger partial charge on any atom is -0.486 e. The summed E-state index contributed by atoms with van der Waals surface area (Å²) in [6.07, 6.45) is 5.96. The minimum atomic E-state index is -0.160. The van der Waals surface area contributed by atoms with Gasteiger partial charge >= 0.3 is 0 Å². The maximum absolute atomic E-state index is 12.2. The van der Waals surface area contributed by atoms with E-state index in [-0.39, 0.29) is 11.3 Å². The first-order valence-corrected chi connectivity index (χ1v) is 8.96. The fourth-order valence-electron chi connectivity index (χ4n) is 3.60. The van der Waals surface area contributed by atoms with Crippen LogP contribution in [0, 0.1) is 0 Å². The Labute approximate surface area is 144 Å². The number of nitrogens with zero attached hydrogens (tertiary/aromatic N) is 2. The van der Waals surface area contributed by atoms with E-state index in [0.29, 0.717) is 25.5 Å². The van der Waals surface area contributed by atoms with Crippen molar-refractivity contribution < 1.29 is 14.3 Å². The van der Waals surface area contributed by atoms with Crippen LogP contribution < -0.4 is 14.8 Å². The van der Waals surface area contributed by atoms with Crippen molar-refractivity contribution >= 4 is 17.6 Å². The van der Waals surface area contributed by atoms with Gasteiger partial charge in [-0.25, -0.2) is 0 Å². The van der Waals surface area contributed by atoms with Crippen LogP contribution in [0.15, 0.2) is 24.4 Å². The molecular formula is C17H19N3O3S. The van der Waals surface area contributed by atoms with Crippen LogP contribution in [0.25, 0.3) is 0 Å². The molecule has 2 heterocycles. The predicted octanol–water partition coefficient (Wildman–Crippen LogP) is 2.55. The zero-order valence-electron chi connectivity index (χ0n) is 13.3. The summed E-state index contributed by atoms with van der Waals surface area (Å²) in [6, 6.07) is 6.17. The number of benzene rings is 1. The topological polar surface area (TPSA) is 73.3 Å². The fraction of sp³-hybridized carbons (Fsp3) is 0.471. The van der Waals surface area contributed by atoms with Crippen LogP contribution in [0.5, 0.6) is 11.5 Å². The summed E-state index contributed by atoms with van der Waals surface area (Å²) < 4.78 is 19.2. The van der Waals surface area contributed by atoms with Crippen molar-refractivity contribution in [2.45, 2.75) is 31.1 Å². The molecule has 0 saturated heterocycles. The van der Waals surface area contributed by atoms with Gasteiger partial charge in [-0.1, -0.05) is 18.9 Å². The van der Waals surface area contributed by atoms with Gasteiger partial charge in [0.1, 0.15) is 13.2 Å². The monoisotopic (exact) mass is 345 g/mol. The molecule has 4 rings (SSSR count). The summed E-state index contributed by atoms with van der Waals surface area (Å²) in [5.74, 6) is 1.45. The van der Waals surface area contributed by atoms with E-state index in [2.05, 4.69) is 26.2 Å². The summed E-state index contributed by atoms with van der Waals surface area (Å²) in [7, 11) is 0. The zero-order chi connectivity index (χ0) is 16.4. The van der Waals surface area contributed by atoms with Crippen LogP contribution in [0.1, 0.15) is 41.7 Å². The molecule has 1 aliphatic heterocycles. The molecule has 126 valence electrons. The van der Waals surface area contributed by atoms with Gasteiger partial charge in [-0.3, -0.25) is 4.79 Å². The number of rotatable bonds is 4.